The smallest absolute Gasteiger partial charge is 0.0640 e. The second-order valence-electron chi connectivity index (χ2n) is 5.53. The molecule has 114 valence electrons. The van der Waals surface area contributed by atoms with Crippen molar-refractivity contribution in [1.82, 2.24) is 15.1 Å². The van der Waals surface area contributed by atoms with Gasteiger partial charge in [0.25, 0.3) is 0 Å². The van der Waals surface area contributed by atoms with Gasteiger partial charge in [0.15, 0.2) is 0 Å². The lowest BCUT2D eigenvalue weighted by Gasteiger charge is -2.16. The Kier molecular flexibility index (Phi) is 5.83. The molecular weight excluding hydrogens is 282 g/mol. The van der Waals surface area contributed by atoms with Gasteiger partial charge in [0, 0.05) is 29.7 Å². The van der Waals surface area contributed by atoms with E-state index in [0.717, 1.165) is 30.0 Å². The van der Waals surface area contributed by atoms with E-state index in [-0.39, 0.29) is 0 Å². The molecule has 2 unspecified atom stereocenters. The van der Waals surface area contributed by atoms with Gasteiger partial charge in [-0.05, 0) is 44.5 Å². The molecule has 0 saturated heterocycles. The number of hydrogen-bond donors (Lipinski definition) is 1. The molecule has 0 aliphatic rings. The molecule has 21 heavy (non-hydrogen) atoms. The van der Waals surface area contributed by atoms with E-state index < -0.39 is 0 Å². The molecule has 0 aliphatic heterocycles. The Labute approximate surface area is 132 Å². The molecule has 2 rings (SSSR count). The second kappa shape index (κ2) is 7.62. The van der Waals surface area contributed by atoms with E-state index >= 15 is 0 Å². The molecule has 0 aliphatic carbocycles. The first-order valence-corrected chi connectivity index (χ1v) is 7.96. The maximum Gasteiger partial charge on any atom is 0.0640 e. The van der Waals surface area contributed by atoms with Crippen molar-refractivity contribution in [2.45, 2.75) is 45.2 Å². The minimum atomic E-state index is 0.338. The van der Waals surface area contributed by atoms with Crippen LogP contribution in [0.2, 0.25) is 5.02 Å². The molecule has 0 saturated carbocycles. The summed E-state index contributed by atoms with van der Waals surface area (Å²) in [6.07, 6.45) is 4.99. The van der Waals surface area contributed by atoms with Crippen LogP contribution in [0.5, 0.6) is 0 Å². The summed E-state index contributed by atoms with van der Waals surface area (Å²) in [6.45, 7) is 4.37. The van der Waals surface area contributed by atoms with Gasteiger partial charge in [-0.15, -0.1) is 0 Å². The SMILES string of the molecule is CCC(C)n1ccc(CC(Cc2ccccc2Cl)NC)n1. The van der Waals surface area contributed by atoms with E-state index in [2.05, 4.69) is 47.3 Å². The zero-order valence-electron chi connectivity index (χ0n) is 13.0. The first kappa shape index (κ1) is 16.1. The third kappa shape index (κ3) is 4.32. The quantitative estimate of drug-likeness (QED) is 0.841. The van der Waals surface area contributed by atoms with Gasteiger partial charge in [0.1, 0.15) is 0 Å². The number of nitrogens with one attached hydrogen (secondary N) is 1. The molecule has 2 atom stereocenters. The van der Waals surface area contributed by atoms with Crippen molar-refractivity contribution in [2.75, 3.05) is 7.05 Å². The zero-order chi connectivity index (χ0) is 15.2. The van der Waals surface area contributed by atoms with Crippen LogP contribution in [0.15, 0.2) is 36.5 Å². The largest absolute Gasteiger partial charge is 0.316 e. The third-order valence-electron chi connectivity index (χ3n) is 3.99. The first-order chi connectivity index (χ1) is 10.1. The molecular formula is C17H24ClN3. The highest BCUT2D eigenvalue weighted by Gasteiger charge is 2.13. The fourth-order valence-corrected chi connectivity index (χ4v) is 2.59. The first-order valence-electron chi connectivity index (χ1n) is 7.58. The standard InChI is InChI=1S/C17H24ClN3/c1-4-13(2)21-10-9-15(20-21)12-16(19-3)11-14-7-5-6-8-17(14)18/h5-10,13,16,19H,4,11-12H2,1-3H3. The van der Waals surface area contributed by atoms with Crippen LogP contribution in [0.25, 0.3) is 0 Å². The van der Waals surface area contributed by atoms with Crippen molar-refractivity contribution in [2.24, 2.45) is 0 Å². The lowest BCUT2D eigenvalue weighted by atomic mass is 10.0. The summed E-state index contributed by atoms with van der Waals surface area (Å²) >= 11 is 6.25. The fourth-order valence-electron chi connectivity index (χ4n) is 2.38. The Hall–Kier alpha value is -1.32. The summed E-state index contributed by atoms with van der Waals surface area (Å²) in [4.78, 5) is 0. The average Bonchev–Trinajstić information content (AvgIpc) is 2.96. The summed E-state index contributed by atoms with van der Waals surface area (Å²) in [7, 11) is 1.99. The highest BCUT2D eigenvalue weighted by molar-refractivity contribution is 6.31. The van der Waals surface area contributed by atoms with Crippen molar-refractivity contribution < 1.29 is 0 Å². The van der Waals surface area contributed by atoms with Crippen molar-refractivity contribution in [3.05, 3.63) is 52.8 Å². The Bertz CT molecular complexity index is 565. The predicted molar refractivity (Wildman–Crippen MR) is 88.9 cm³/mol. The van der Waals surface area contributed by atoms with Gasteiger partial charge >= 0.3 is 0 Å². The van der Waals surface area contributed by atoms with E-state index in [0.29, 0.717) is 12.1 Å². The number of hydrogen-bond acceptors (Lipinski definition) is 2. The van der Waals surface area contributed by atoms with Gasteiger partial charge in [-0.25, -0.2) is 0 Å². The van der Waals surface area contributed by atoms with Crippen LogP contribution in [0, 0.1) is 0 Å². The molecule has 1 N–H and O–H groups in total. The van der Waals surface area contributed by atoms with Crippen molar-refractivity contribution in [1.29, 1.82) is 0 Å². The van der Waals surface area contributed by atoms with Crippen molar-refractivity contribution >= 4 is 11.6 Å². The Balaban J connectivity index is 2.02. The van der Waals surface area contributed by atoms with Gasteiger partial charge in [0.2, 0.25) is 0 Å². The number of benzene rings is 1. The lowest BCUT2D eigenvalue weighted by Crippen LogP contribution is -2.30. The maximum atomic E-state index is 6.25. The van der Waals surface area contributed by atoms with Gasteiger partial charge in [-0.1, -0.05) is 36.7 Å². The van der Waals surface area contributed by atoms with Crippen LogP contribution in [0.3, 0.4) is 0 Å². The number of rotatable bonds is 7. The van der Waals surface area contributed by atoms with Crippen molar-refractivity contribution in [3.63, 3.8) is 0 Å². The number of nitrogens with zero attached hydrogens (tertiary/aromatic N) is 2. The van der Waals surface area contributed by atoms with Crippen LogP contribution < -0.4 is 5.32 Å². The van der Waals surface area contributed by atoms with E-state index in [9.17, 15) is 0 Å². The molecule has 0 radical (unpaired) electrons. The van der Waals surface area contributed by atoms with E-state index in [1.54, 1.807) is 0 Å². The van der Waals surface area contributed by atoms with Crippen LogP contribution >= 0.6 is 11.6 Å². The summed E-state index contributed by atoms with van der Waals surface area (Å²) in [5, 5.41) is 8.88. The normalized spacial score (nSPS) is 14.1. The monoisotopic (exact) mass is 305 g/mol. The van der Waals surface area contributed by atoms with E-state index in [1.165, 1.54) is 5.56 Å². The second-order valence-corrected chi connectivity index (χ2v) is 5.94. The molecule has 0 amide bonds. The minimum Gasteiger partial charge on any atom is -0.316 e. The highest BCUT2D eigenvalue weighted by atomic mass is 35.5. The predicted octanol–water partition coefficient (Wildman–Crippen LogP) is 3.88. The van der Waals surface area contributed by atoms with Gasteiger partial charge < -0.3 is 5.32 Å². The van der Waals surface area contributed by atoms with Crippen LogP contribution in [-0.2, 0) is 12.8 Å². The number of halogens is 1. The third-order valence-corrected chi connectivity index (χ3v) is 4.36. The molecule has 4 heteroatoms. The topological polar surface area (TPSA) is 29.9 Å². The maximum absolute atomic E-state index is 6.25. The van der Waals surface area contributed by atoms with Crippen LogP contribution in [-0.4, -0.2) is 22.9 Å². The summed E-state index contributed by atoms with van der Waals surface area (Å²) in [5.74, 6) is 0. The van der Waals surface area contributed by atoms with Gasteiger partial charge in [-0.2, -0.15) is 5.10 Å². The molecule has 0 fully saturated rings. The zero-order valence-corrected chi connectivity index (χ0v) is 13.8. The molecule has 1 aromatic carbocycles. The van der Waals surface area contributed by atoms with Crippen LogP contribution in [0.1, 0.15) is 37.6 Å². The Morgan fingerprint density at radius 1 is 1.24 bits per heavy atom. The number of aromatic nitrogens is 2. The molecule has 3 nitrogen and oxygen atoms in total. The van der Waals surface area contributed by atoms with E-state index in [1.807, 2.05) is 25.2 Å². The van der Waals surface area contributed by atoms with Gasteiger partial charge in [-0.3, -0.25) is 4.68 Å². The summed E-state index contributed by atoms with van der Waals surface area (Å²) in [5.41, 5.74) is 2.31. The molecule has 1 heterocycles. The minimum absolute atomic E-state index is 0.338. The van der Waals surface area contributed by atoms with Crippen LogP contribution in [0.4, 0.5) is 0 Å². The Morgan fingerprint density at radius 3 is 2.67 bits per heavy atom. The van der Waals surface area contributed by atoms with Gasteiger partial charge in [0.05, 0.1) is 5.69 Å². The van der Waals surface area contributed by atoms with E-state index in [4.69, 9.17) is 11.6 Å². The summed E-state index contributed by atoms with van der Waals surface area (Å²) in [6, 6.07) is 10.9. The molecule has 0 spiro atoms. The number of likely N-dealkylation sites (N-methyl/N-ethyl adjacent to an activating group) is 1. The molecule has 0 bridgehead atoms. The van der Waals surface area contributed by atoms with Crippen molar-refractivity contribution in [3.8, 4) is 0 Å². The Morgan fingerprint density at radius 2 is 2.00 bits per heavy atom. The molecule has 1 aromatic heterocycles. The highest BCUT2D eigenvalue weighted by Crippen LogP contribution is 2.18. The molecule has 2 aromatic rings. The fraction of sp³-hybridized carbons (Fsp3) is 0.471. The summed E-state index contributed by atoms with van der Waals surface area (Å²) < 4.78 is 2.05. The lowest BCUT2D eigenvalue weighted by molar-refractivity contribution is 0.467. The average molecular weight is 306 g/mol.